The fraction of sp³-hybridized carbons (Fsp3) is 0.800. The summed E-state index contributed by atoms with van der Waals surface area (Å²) in [5, 5.41) is 9.27. The van der Waals surface area contributed by atoms with Gasteiger partial charge in [0.05, 0.1) is 11.8 Å². The third-order valence-electron chi connectivity index (χ3n) is 5.60. The number of carbonyl (C=O) groups excluding carboxylic acids is 2. The van der Waals surface area contributed by atoms with Crippen LogP contribution in [0.1, 0.15) is 38.5 Å². The second-order valence-corrected chi connectivity index (χ2v) is 6.90. The van der Waals surface area contributed by atoms with Crippen molar-refractivity contribution in [2.45, 2.75) is 56.7 Å². The maximum Gasteiger partial charge on any atom is 0.308 e. The minimum atomic E-state index is -0.790. The van der Waals surface area contributed by atoms with Crippen LogP contribution in [0.3, 0.4) is 0 Å². The van der Waals surface area contributed by atoms with Gasteiger partial charge in [0.2, 0.25) is 11.8 Å². The maximum atomic E-state index is 12.8. The van der Waals surface area contributed by atoms with Crippen LogP contribution in [-0.4, -0.2) is 57.4 Å². The molecule has 0 aromatic carbocycles. The molecule has 4 rings (SSSR count). The molecule has 4 unspecified atom stereocenters. The van der Waals surface area contributed by atoms with Gasteiger partial charge in [0.15, 0.2) is 0 Å². The SMILES string of the molecule is O=C(O)C1CC2CCC1N2C(=O)C1CC(=O)N(C2CC2)C1. The van der Waals surface area contributed by atoms with Crippen molar-refractivity contribution in [3.05, 3.63) is 0 Å². The molecule has 1 saturated carbocycles. The minimum absolute atomic E-state index is 0.0164. The highest BCUT2D eigenvalue weighted by Crippen LogP contribution is 2.43. The Labute approximate surface area is 123 Å². The van der Waals surface area contributed by atoms with E-state index in [0.717, 1.165) is 25.7 Å². The van der Waals surface area contributed by atoms with Gasteiger partial charge in [0.25, 0.3) is 0 Å². The number of carbonyl (C=O) groups is 3. The van der Waals surface area contributed by atoms with E-state index >= 15 is 0 Å². The van der Waals surface area contributed by atoms with Gasteiger partial charge in [-0.2, -0.15) is 0 Å². The van der Waals surface area contributed by atoms with Gasteiger partial charge in [0.1, 0.15) is 0 Å². The summed E-state index contributed by atoms with van der Waals surface area (Å²) in [5.41, 5.74) is 0. The fourth-order valence-corrected chi connectivity index (χ4v) is 4.44. The zero-order chi connectivity index (χ0) is 14.7. The molecule has 3 saturated heterocycles. The second-order valence-electron chi connectivity index (χ2n) is 6.90. The van der Waals surface area contributed by atoms with E-state index in [-0.39, 0.29) is 29.8 Å². The van der Waals surface area contributed by atoms with Crippen LogP contribution in [0.15, 0.2) is 0 Å². The Kier molecular flexibility index (Phi) is 2.78. The Bertz CT molecular complexity index is 516. The predicted molar refractivity (Wildman–Crippen MR) is 72.2 cm³/mol. The van der Waals surface area contributed by atoms with Crippen molar-refractivity contribution in [3.63, 3.8) is 0 Å². The number of amides is 2. The average molecular weight is 292 g/mol. The number of rotatable bonds is 3. The largest absolute Gasteiger partial charge is 0.481 e. The second kappa shape index (κ2) is 4.45. The lowest BCUT2D eigenvalue weighted by Crippen LogP contribution is -2.42. The van der Waals surface area contributed by atoms with Crippen molar-refractivity contribution < 1.29 is 19.5 Å². The first-order valence-electron chi connectivity index (χ1n) is 7.90. The fourth-order valence-electron chi connectivity index (χ4n) is 4.44. The van der Waals surface area contributed by atoms with Gasteiger partial charge in [-0.1, -0.05) is 0 Å². The summed E-state index contributed by atoms with van der Waals surface area (Å²) in [6, 6.07) is 0.288. The van der Waals surface area contributed by atoms with Crippen molar-refractivity contribution in [3.8, 4) is 0 Å². The third kappa shape index (κ3) is 1.95. The summed E-state index contributed by atoms with van der Waals surface area (Å²) in [4.78, 5) is 39.7. The first-order chi connectivity index (χ1) is 10.1. The lowest BCUT2D eigenvalue weighted by Gasteiger charge is -2.26. The van der Waals surface area contributed by atoms with Gasteiger partial charge >= 0.3 is 5.97 Å². The summed E-state index contributed by atoms with van der Waals surface area (Å²) in [7, 11) is 0. The van der Waals surface area contributed by atoms with E-state index < -0.39 is 11.9 Å². The first-order valence-corrected chi connectivity index (χ1v) is 7.90. The number of aliphatic carboxylic acids is 1. The quantitative estimate of drug-likeness (QED) is 0.820. The van der Waals surface area contributed by atoms with E-state index in [0.29, 0.717) is 25.4 Å². The van der Waals surface area contributed by atoms with E-state index in [4.69, 9.17) is 0 Å². The molecule has 4 aliphatic rings. The molecule has 2 amide bonds. The highest BCUT2D eigenvalue weighted by Gasteiger charge is 2.53. The molecule has 3 heterocycles. The number of fused-ring (bicyclic) bond motifs is 2. The molecular formula is C15H20N2O4. The zero-order valence-electron chi connectivity index (χ0n) is 11.9. The molecular weight excluding hydrogens is 272 g/mol. The number of carboxylic acid groups (broad SMARTS) is 1. The molecule has 2 bridgehead atoms. The lowest BCUT2D eigenvalue weighted by atomic mass is 9.89. The molecule has 4 atom stereocenters. The zero-order valence-corrected chi connectivity index (χ0v) is 11.9. The van der Waals surface area contributed by atoms with Crippen LogP contribution in [0.2, 0.25) is 0 Å². The van der Waals surface area contributed by atoms with Crippen LogP contribution in [0.25, 0.3) is 0 Å². The molecule has 1 aliphatic carbocycles. The minimum Gasteiger partial charge on any atom is -0.481 e. The van der Waals surface area contributed by atoms with E-state index in [1.165, 1.54) is 0 Å². The van der Waals surface area contributed by atoms with Gasteiger partial charge < -0.3 is 14.9 Å². The van der Waals surface area contributed by atoms with E-state index in [1.807, 2.05) is 9.80 Å². The molecule has 0 aromatic heterocycles. The molecule has 21 heavy (non-hydrogen) atoms. The molecule has 4 fully saturated rings. The normalized spacial score (nSPS) is 38.4. The van der Waals surface area contributed by atoms with Crippen molar-refractivity contribution in [1.82, 2.24) is 9.80 Å². The number of carboxylic acids is 1. The Balaban J connectivity index is 1.48. The molecule has 0 spiro atoms. The third-order valence-corrected chi connectivity index (χ3v) is 5.60. The Morgan fingerprint density at radius 1 is 1.10 bits per heavy atom. The van der Waals surface area contributed by atoms with Crippen LogP contribution in [0, 0.1) is 11.8 Å². The summed E-state index contributed by atoms with van der Waals surface area (Å²) in [5.74, 6) is -1.35. The highest BCUT2D eigenvalue weighted by molar-refractivity contribution is 5.90. The molecule has 6 nitrogen and oxygen atoms in total. The van der Waals surface area contributed by atoms with E-state index in [9.17, 15) is 19.5 Å². The van der Waals surface area contributed by atoms with E-state index in [2.05, 4.69) is 0 Å². The van der Waals surface area contributed by atoms with Crippen molar-refractivity contribution in [2.75, 3.05) is 6.54 Å². The molecule has 3 aliphatic heterocycles. The Hall–Kier alpha value is -1.59. The van der Waals surface area contributed by atoms with E-state index in [1.54, 1.807) is 0 Å². The topological polar surface area (TPSA) is 77.9 Å². The van der Waals surface area contributed by atoms with Crippen LogP contribution in [-0.2, 0) is 14.4 Å². The van der Waals surface area contributed by atoms with Crippen molar-refractivity contribution in [2.24, 2.45) is 11.8 Å². The molecule has 6 heteroatoms. The van der Waals surface area contributed by atoms with Gasteiger partial charge in [-0.25, -0.2) is 0 Å². The van der Waals surface area contributed by atoms with Crippen molar-refractivity contribution in [1.29, 1.82) is 0 Å². The number of hydrogen-bond acceptors (Lipinski definition) is 3. The molecule has 0 radical (unpaired) electrons. The van der Waals surface area contributed by atoms with Gasteiger partial charge in [-0.3, -0.25) is 14.4 Å². The van der Waals surface area contributed by atoms with Gasteiger partial charge in [-0.15, -0.1) is 0 Å². The summed E-state index contributed by atoms with van der Waals surface area (Å²) >= 11 is 0. The highest BCUT2D eigenvalue weighted by atomic mass is 16.4. The van der Waals surface area contributed by atoms with Gasteiger partial charge in [-0.05, 0) is 32.1 Å². The summed E-state index contributed by atoms with van der Waals surface area (Å²) in [6.07, 6.45) is 4.71. The van der Waals surface area contributed by atoms with Gasteiger partial charge in [0, 0.05) is 31.1 Å². The monoisotopic (exact) mass is 292 g/mol. The van der Waals surface area contributed by atoms with Crippen LogP contribution < -0.4 is 0 Å². The Morgan fingerprint density at radius 3 is 2.43 bits per heavy atom. The van der Waals surface area contributed by atoms with Crippen LogP contribution in [0.5, 0.6) is 0 Å². The molecule has 114 valence electrons. The summed E-state index contributed by atoms with van der Waals surface area (Å²) in [6.45, 7) is 0.538. The number of likely N-dealkylation sites (tertiary alicyclic amines) is 1. The average Bonchev–Trinajstić information content (AvgIpc) is 2.96. The Morgan fingerprint density at radius 2 is 1.81 bits per heavy atom. The number of hydrogen-bond donors (Lipinski definition) is 1. The predicted octanol–water partition coefficient (Wildman–Crippen LogP) is 0.461. The van der Waals surface area contributed by atoms with Crippen LogP contribution in [0.4, 0.5) is 0 Å². The number of nitrogens with zero attached hydrogens (tertiary/aromatic N) is 2. The molecule has 1 N–H and O–H groups in total. The maximum absolute atomic E-state index is 12.8. The summed E-state index contributed by atoms with van der Waals surface area (Å²) < 4.78 is 0. The lowest BCUT2D eigenvalue weighted by molar-refractivity contribution is -0.143. The smallest absolute Gasteiger partial charge is 0.308 e. The standard InChI is InChI=1S/C15H20N2O4/c18-13-5-8(7-16(13)9-1-2-9)14(19)17-10-3-4-12(17)11(6-10)15(20)21/h8-12H,1-7H2,(H,20,21). The first kappa shape index (κ1) is 13.1. The molecule has 0 aromatic rings. The van der Waals surface area contributed by atoms with Crippen LogP contribution >= 0.6 is 0 Å². The van der Waals surface area contributed by atoms with Crippen molar-refractivity contribution >= 4 is 17.8 Å².